The van der Waals surface area contributed by atoms with Gasteiger partial charge in [-0.05, 0) is 54.5 Å². The van der Waals surface area contributed by atoms with Crippen molar-refractivity contribution in [3.8, 4) is 0 Å². The molecule has 3 fully saturated rings. The number of carbonyl (C=O) groups is 1. The molecule has 4 heterocycles. The summed E-state index contributed by atoms with van der Waals surface area (Å²) in [5, 5.41) is 9.46. The molecule has 0 radical (unpaired) electrons. The minimum Gasteiger partial charge on any atom is -0.376 e. The Labute approximate surface area is 223 Å². The number of carbonyl (C=O) groups excluding carboxylic acids is 1. The number of rotatable bonds is 6. The van der Waals surface area contributed by atoms with E-state index in [1.807, 2.05) is 38.6 Å². The SMILES string of the molecule is CC[C@H]1[C@@H](C(=O)Nc2cc3cc(N4CCN([C@]5(C)COC[C@@H]5F)CC4)c(C)cc3cn2)[C@@H]1c1cnn(C)c1. The molecule has 1 aliphatic carbocycles. The number of halogens is 1. The first kappa shape index (κ1) is 25.2. The van der Waals surface area contributed by atoms with Crippen LogP contribution in [0.5, 0.6) is 0 Å². The molecule has 8 nitrogen and oxygen atoms in total. The summed E-state index contributed by atoms with van der Waals surface area (Å²) in [4.78, 5) is 22.4. The van der Waals surface area contributed by atoms with Crippen LogP contribution < -0.4 is 10.2 Å². The van der Waals surface area contributed by atoms with E-state index in [9.17, 15) is 9.18 Å². The third-order valence-corrected chi connectivity index (χ3v) is 9.02. The summed E-state index contributed by atoms with van der Waals surface area (Å²) in [7, 11) is 1.90. The molecule has 1 aromatic carbocycles. The van der Waals surface area contributed by atoms with E-state index in [1.54, 1.807) is 4.68 Å². The number of piperazine rings is 1. The van der Waals surface area contributed by atoms with Gasteiger partial charge in [-0.15, -0.1) is 0 Å². The minimum absolute atomic E-state index is 0.0246. The Kier molecular flexibility index (Phi) is 6.39. The molecule has 202 valence electrons. The lowest BCUT2D eigenvalue weighted by Gasteiger charge is -2.45. The number of amides is 1. The fourth-order valence-electron chi connectivity index (χ4n) is 6.61. The lowest BCUT2D eigenvalue weighted by molar-refractivity contribution is -0.117. The van der Waals surface area contributed by atoms with Crippen molar-refractivity contribution in [1.29, 1.82) is 0 Å². The Morgan fingerprint density at radius 1 is 1.18 bits per heavy atom. The van der Waals surface area contributed by atoms with Gasteiger partial charge in [-0.3, -0.25) is 14.4 Å². The van der Waals surface area contributed by atoms with Crippen molar-refractivity contribution in [2.75, 3.05) is 49.6 Å². The van der Waals surface area contributed by atoms with Crippen molar-refractivity contribution in [1.82, 2.24) is 19.7 Å². The standard InChI is InChI=1S/C29H37FN6O2/c1-5-22-26(21-14-32-34(4)15-21)27(22)28(37)33-25-12-19-11-23(18(2)10-20(19)13-31-25)35-6-8-36(9-7-35)29(3)17-38-16-24(29)30/h10-15,22,24,26-27H,5-9,16-17H2,1-4H3,(H,31,33,37)/t22-,24+,26-,27-,29-/m1/s1. The van der Waals surface area contributed by atoms with Crippen LogP contribution in [-0.4, -0.2) is 76.7 Å². The number of nitrogens with zero attached hydrogens (tertiary/aromatic N) is 5. The van der Waals surface area contributed by atoms with Crippen LogP contribution in [-0.2, 0) is 16.6 Å². The van der Waals surface area contributed by atoms with Crippen LogP contribution in [0.3, 0.4) is 0 Å². The van der Waals surface area contributed by atoms with Gasteiger partial charge < -0.3 is 15.0 Å². The molecular weight excluding hydrogens is 483 g/mol. The molecule has 2 saturated heterocycles. The normalized spacial score (nSPS) is 29.7. The van der Waals surface area contributed by atoms with Crippen molar-refractivity contribution in [2.45, 2.75) is 44.8 Å². The predicted octanol–water partition coefficient (Wildman–Crippen LogP) is 3.90. The van der Waals surface area contributed by atoms with Crippen LogP contribution in [0.25, 0.3) is 10.8 Å². The molecular formula is C29H37FN6O2. The van der Waals surface area contributed by atoms with Crippen LogP contribution in [0, 0.1) is 18.8 Å². The summed E-state index contributed by atoms with van der Waals surface area (Å²) in [5.74, 6) is 1.10. The minimum atomic E-state index is -0.944. The lowest BCUT2D eigenvalue weighted by atomic mass is 9.96. The largest absolute Gasteiger partial charge is 0.376 e. The molecule has 0 spiro atoms. The van der Waals surface area contributed by atoms with E-state index >= 15 is 0 Å². The Morgan fingerprint density at radius 2 is 1.97 bits per heavy atom. The van der Waals surface area contributed by atoms with Gasteiger partial charge in [-0.1, -0.05) is 13.3 Å². The van der Waals surface area contributed by atoms with Gasteiger partial charge in [0.1, 0.15) is 12.0 Å². The quantitative estimate of drug-likeness (QED) is 0.531. The van der Waals surface area contributed by atoms with Gasteiger partial charge in [0, 0.05) is 68.5 Å². The maximum absolute atomic E-state index is 14.5. The van der Waals surface area contributed by atoms with Crippen molar-refractivity contribution in [3.63, 3.8) is 0 Å². The first-order chi connectivity index (χ1) is 18.3. The molecule has 2 aliphatic heterocycles. The summed E-state index contributed by atoms with van der Waals surface area (Å²) in [6.07, 6.45) is 5.73. The molecule has 1 amide bonds. The van der Waals surface area contributed by atoms with Crippen LogP contribution >= 0.6 is 0 Å². The number of hydrogen-bond acceptors (Lipinski definition) is 6. The van der Waals surface area contributed by atoms with E-state index in [0.29, 0.717) is 18.3 Å². The van der Waals surface area contributed by atoms with Gasteiger partial charge in [-0.25, -0.2) is 9.37 Å². The summed E-state index contributed by atoms with van der Waals surface area (Å²) < 4.78 is 21.8. The van der Waals surface area contributed by atoms with E-state index in [1.165, 1.54) is 11.3 Å². The summed E-state index contributed by atoms with van der Waals surface area (Å²) in [5.41, 5.74) is 2.96. The molecule has 1 N–H and O–H groups in total. The molecule has 3 aromatic rings. The maximum Gasteiger partial charge on any atom is 0.229 e. The number of hydrogen-bond donors (Lipinski definition) is 1. The number of fused-ring (bicyclic) bond motifs is 1. The average molecular weight is 521 g/mol. The topological polar surface area (TPSA) is 75.5 Å². The fraction of sp³-hybridized carbons (Fsp3) is 0.552. The van der Waals surface area contributed by atoms with Crippen LogP contribution in [0.1, 0.15) is 37.3 Å². The fourth-order valence-corrected chi connectivity index (χ4v) is 6.61. The molecule has 0 bridgehead atoms. The Morgan fingerprint density at radius 3 is 2.63 bits per heavy atom. The van der Waals surface area contributed by atoms with Crippen molar-refractivity contribution in [3.05, 3.63) is 47.9 Å². The highest BCUT2D eigenvalue weighted by molar-refractivity contribution is 5.97. The molecule has 3 aliphatic rings. The van der Waals surface area contributed by atoms with E-state index in [2.05, 4.69) is 51.2 Å². The predicted molar refractivity (Wildman–Crippen MR) is 146 cm³/mol. The highest BCUT2D eigenvalue weighted by Gasteiger charge is 2.54. The third kappa shape index (κ3) is 4.35. The molecule has 2 aromatic heterocycles. The number of ether oxygens (including phenoxy) is 1. The molecule has 1 saturated carbocycles. The number of pyridine rings is 1. The zero-order chi connectivity index (χ0) is 26.6. The van der Waals surface area contributed by atoms with Crippen LogP contribution in [0.4, 0.5) is 15.9 Å². The molecule has 9 heteroatoms. The van der Waals surface area contributed by atoms with Gasteiger partial charge >= 0.3 is 0 Å². The smallest absolute Gasteiger partial charge is 0.229 e. The summed E-state index contributed by atoms with van der Waals surface area (Å²) >= 11 is 0. The van der Waals surface area contributed by atoms with Gasteiger partial charge in [0.05, 0.1) is 24.9 Å². The summed E-state index contributed by atoms with van der Waals surface area (Å²) in [6, 6.07) is 6.33. The molecule has 6 rings (SSSR count). The Hall–Kier alpha value is -3.04. The van der Waals surface area contributed by atoms with Crippen molar-refractivity contribution < 1.29 is 13.9 Å². The van der Waals surface area contributed by atoms with E-state index < -0.39 is 11.7 Å². The number of aryl methyl sites for hydroxylation is 2. The van der Waals surface area contributed by atoms with Crippen molar-refractivity contribution >= 4 is 28.2 Å². The average Bonchev–Trinajstić information content (AvgIpc) is 3.33. The number of benzene rings is 1. The number of alkyl halides is 1. The Balaban J connectivity index is 1.16. The van der Waals surface area contributed by atoms with Crippen LogP contribution in [0.2, 0.25) is 0 Å². The van der Waals surface area contributed by atoms with Gasteiger partial charge in [0.25, 0.3) is 0 Å². The highest BCUT2D eigenvalue weighted by Crippen LogP contribution is 2.56. The molecule has 0 unspecified atom stereocenters. The second-order valence-electron chi connectivity index (χ2n) is 11.4. The van der Waals surface area contributed by atoms with Gasteiger partial charge in [0.2, 0.25) is 5.91 Å². The first-order valence-corrected chi connectivity index (χ1v) is 13.7. The van der Waals surface area contributed by atoms with Gasteiger partial charge in [-0.2, -0.15) is 5.10 Å². The number of aromatic nitrogens is 3. The highest BCUT2D eigenvalue weighted by atomic mass is 19.1. The monoisotopic (exact) mass is 520 g/mol. The molecule has 38 heavy (non-hydrogen) atoms. The van der Waals surface area contributed by atoms with Crippen LogP contribution in [0.15, 0.2) is 36.8 Å². The van der Waals surface area contributed by atoms with E-state index in [-0.39, 0.29) is 24.3 Å². The Bertz CT molecular complexity index is 1350. The zero-order valence-electron chi connectivity index (χ0n) is 22.7. The van der Waals surface area contributed by atoms with E-state index in [4.69, 9.17) is 4.74 Å². The zero-order valence-corrected chi connectivity index (χ0v) is 22.7. The van der Waals surface area contributed by atoms with Gasteiger partial charge in [0.15, 0.2) is 0 Å². The maximum atomic E-state index is 14.5. The molecule has 5 atom stereocenters. The first-order valence-electron chi connectivity index (χ1n) is 13.7. The second-order valence-corrected chi connectivity index (χ2v) is 11.4. The van der Waals surface area contributed by atoms with E-state index in [0.717, 1.165) is 48.9 Å². The second kappa shape index (κ2) is 9.61. The number of anilines is 2. The number of nitrogens with one attached hydrogen (secondary N) is 1. The van der Waals surface area contributed by atoms with Crippen molar-refractivity contribution in [2.24, 2.45) is 18.9 Å². The third-order valence-electron chi connectivity index (χ3n) is 9.02. The summed E-state index contributed by atoms with van der Waals surface area (Å²) in [6.45, 7) is 10.1. The lowest BCUT2D eigenvalue weighted by Crippen LogP contribution is -2.59.